The molecular weight excluding hydrogens is 304 g/mol. The molecule has 2 rings (SSSR count). The minimum atomic E-state index is -0.593. The van der Waals surface area contributed by atoms with Crippen LogP contribution in [-0.4, -0.2) is 6.61 Å². The summed E-state index contributed by atoms with van der Waals surface area (Å²) in [6.45, 7) is 2.70. The number of nitrogens with zero attached hydrogens (tertiary/aromatic N) is 1. The summed E-state index contributed by atoms with van der Waals surface area (Å²) in [5, 5.41) is 12.1. The molecular formula is C16H15ClN2O3. The smallest absolute Gasteiger partial charge is 0.272 e. The van der Waals surface area contributed by atoms with Gasteiger partial charge in [0.25, 0.3) is 10.9 Å². The molecule has 0 unspecified atom stereocenters. The van der Waals surface area contributed by atoms with E-state index in [0.717, 1.165) is 18.4 Å². The van der Waals surface area contributed by atoms with Crippen LogP contribution in [0.15, 0.2) is 27.8 Å². The maximum atomic E-state index is 11.6. The first-order chi connectivity index (χ1) is 10.6. The largest absolute Gasteiger partial charge is 0.487 e. The highest BCUT2D eigenvalue weighted by Crippen LogP contribution is 2.22. The second-order valence-corrected chi connectivity index (χ2v) is 5.24. The number of nitrogens with one attached hydrogen (secondary N) is 1. The fourth-order valence-corrected chi connectivity index (χ4v) is 2.18. The summed E-state index contributed by atoms with van der Waals surface area (Å²) in [5.41, 5.74) is 0.224. The van der Waals surface area contributed by atoms with E-state index in [0.29, 0.717) is 17.2 Å². The van der Waals surface area contributed by atoms with E-state index in [1.54, 1.807) is 18.2 Å². The normalized spacial score (nSPS) is 10.4. The quantitative estimate of drug-likeness (QED) is 0.627. The van der Waals surface area contributed by atoms with Crippen LogP contribution in [-0.2, 0) is 6.54 Å². The lowest BCUT2D eigenvalue weighted by Gasteiger charge is -2.14. The van der Waals surface area contributed by atoms with Gasteiger partial charge in [-0.1, -0.05) is 31.0 Å². The van der Waals surface area contributed by atoms with Crippen molar-refractivity contribution >= 4 is 17.3 Å². The third-order valence-corrected chi connectivity index (χ3v) is 3.60. The molecule has 1 N–H and O–H groups in total. The average Bonchev–Trinajstić information content (AvgIpc) is 2.54. The Morgan fingerprint density at radius 3 is 2.73 bits per heavy atom. The number of halogens is 1. The zero-order valence-corrected chi connectivity index (χ0v) is 12.9. The van der Waals surface area contributed by atoms with Crippen LogP contribution in [0.25, 0.3) is 0 Å². The summed E-state index contributed by atoms with van der Waals surface area (Å²) in [7, 11) is 0. The van der Waals surface area contributed by atoms with Gasteiger partial charge in [-0.15, -0.1) is 0 Å². The van der Waals surface area contributed by atoms with Crippen LogP contribution in [0, 0.1) is 11.3 Å². The standard InChI is InChI=1S/C16H15ClN2O3/c1-2-3-6-22-16-13(14(20)15(16)21)19-9-11-5-4-10(8-18)7-12(11)17/h4-5,7,19H,2-3,6,9H2,1H3. The molecule has 0 saturated carbocycles. The third kappa shape index (κ3) is 3.29. The zero-order chi connectivity index (χ0) is 16.1. The number of ether oxygens (including phenoxy) is 1. The van der Waals surface area contributed by atoms with Crippen LogP contribution in [0.2, 0.25) is 5.02 Å². The van der Waals surface area contributed by atoms with Gasteiger partial charge in [-0.3, -0.25) is 9.59 Å². The molecule has 0 aliphatic carbocycles. The molecule has 2 aromatic carbocycles. The summed E-state index contributed by atoms with van der Waals surface area (Å²) in [6.07, 6.45) is 1.76. The Balaban J connectivity index is 2.06. The number of hydrogen-bond acceptors (Lipinski definition) is 5. The molecule has 0 spiro atoms. The van der Waals surface area contributed by atoms with Crippen molar-refractivity contribution in [2.75, 3.05) is 11.9 Å². The van der Waals surface area contributed by atoms with Crippen LogP contribution >= 0.6 is 11.6 Å². The lowest BCUT2D eigenvalue weighted by atomic mass is 10.1. The van der Waals surface area contributed by atoms with Crippen LogP contribution in [0.1, 0.15) is 30.9 Å². The number of rotatable bonds is 7. The van der Waals surface area contributed by atoms with Crippen LogP contribution < -0.4 is 20.9 Å². The molecule has 5 nitrogen and oxygen atoms in total. The second-order valence-electron chi connectivity index (χ2n) is 4.84. The summed E-state index contributed by atoms with van der Waals surface area (Å²) < 4.78 is 5.34. The molecule has 0 atom stereocenters. The fraction of sp³-hybridized carbons (Fsp3) is 0.312. The Bertz CT molecular complexity index is 786. The maximum Gasteiger partial charge on any atom is 0.272 e. The first-order valence-corrected chi connectivity index (χ1v) is 7.34. The lowest BCUT2D eigenvalue weighted by Crippen LogP contribution is -2.35. The molecule has 0 fully saturated rings. The highest BCUT2D eigenvalue weighted by molar-refractivity contribution is 6.31. The molecule has 0 bridgehead atoms. The number of hydrogen-bond donors (Lipinski definition) is 1. The highest BCUT2D eigenvalue weighted by atomic mass is 35.5. The number of nitriles is 1. The predicted molar refractivity (Wildman–Crippen MR) is 85.3 cm³/mol. The van der Waals surface area contributed by atoms with Crippen molar-refractivity contribution in [2.45, 2.75) is 26.3 Å². The minimum absolute atomic E-state index is 0.100. The van der Waals surface area contributed by atoms with E-state index < -0.39 is 10.9 Å². The topological polar surface area (TPSA) is 79.2 Å². The summed E-state index contributed by atoms with van der Waals surface area (Å²) in [6, 6.07) is 6.90. The first-order valence-electron chi connectivity index (χ1n) is 6.97. The highest BCUT2D eigenvalue weighted by Gasteiger charge is 2.22. The zero-order valence-electron chi connectivity index (χ0n) is 12.1. The van der Waals surface area contributed by atoms with E-state index in [1.807, 2.05) is 13.0 Å². The molecule has 6 heteroatoms. The van der Waals surface area contributed by atoms with Gasteiger partial charge in [-0.05, 0) is 24.1 Å². The van der Waals surface area contributed by atoms with E-state index in [1.165, 1.54) is 0 Å². The maximum absolute atomic E-state index is 11.6. The van der Waals surface area contributed by atoms with Crippen molar-refractivity contribution in [3.05, 3.63) is 54.8 Å². The van der Waals surface area contributed by atoms with Gasteiger partial charge in [-0.25, -0.2) is 0 Å². The van der Waals surface area contributed by atoms with Gasteiger partial charge >= 0.3 is 0 Å². The molecule has 0 aliphatic rings. The molecule has 0 heterocycles. The number of benzene rings is 1. The monoisotopic (exact) mass is 318 g/mol. The molecule has 0 saturated heterocycles. The Morgan fingerprint density at radius 2 is 2.09 bits per heavy atom. The van der Waals surface area contributed by atoms with Gasteiger partial charge in [0.1, 0.15) is 5.69 Å². The SMILES string of the molecule is CCCCOc1c(NCc2ccc(C#N)cc2Cl)c(=O)c1=O. The predicted octanol–water partition coefficient (Wildman–Crippen LogP) is 2.60. The van der Waals surface area contributed by atoms with E-state index in [-0.39, 0.29) is 18.0 Å². The third-order valence-electron chi connectivity index (χ3n) is 3.25. The molecule has 114 valence electrons. The molecule has 0 aromatic heterocycles. The van der Waals surface area contributed by atoms with Gasteiger partial charge in [0.2, 0.25) is 0 Å². The lowest BCUT2D eigenvalue weighted by molar-refractivity contribution is 0.304. The van der Waals surface area contributed by atoms with Crippen LogP contribution in [0.3, 0.4) is 0 Å². The molecule has 0 amide bonds. The van der Waals surface area contributed by atoms with Crippen LogP contribution in [0.5, 0.6) is 5.75 Å². The number of anilines is 1. The van der Waals surface area contributed by atoms with Gasteiger partial charge in [0.05, 0.1) is 18.2 Å². The Kier molecular flexibility index (Phi) is 5.18. The van der Waals surface area contributed by atoms with Crippen LogP contribution in [0.4, 0.5) is 5.69 Å². The number of unbranched alkanes of at least 4 members (excludes halogenated alkanes) is 1. The van der Waals surface area contributed by atoms with Gasteiger partial charge in [-0.2, -0.15) is 5.26 Å². The summed E-state index contributed by atoms with van der Waals surface area (Å²) in [4.78, 5) is 23.1. The Labute approximate surface area is 132 Å². The van der Waals surface area contributed by atoms with Crippen molar-refractivity contribution in [2.24, 2.45) is 0 Å². The van der Waals surface area contributed by atoms with E-state index in [2.05, 4.69) is 5.32 Å². The molecule has 0 aliphatic heterocycles. The second kappa shape index (κ2) is 7.10. The average molecular weight is 319 g/mol. The van der Waals surface area contributed by atoms with Gasteiger partial charge in [0, 0.05) is 11.6 Å². The fourth-order valence-electron chi connectivity index (χ4n) is 1.93. The van der Waals surface area contributed by atoms with Crippen molar-refractivity contribution in [3.8, 4) is 11.8 Å². The minimum Gasteiger partial charge on any atom is -0.487 e. The molecule has 0 radical (unpaired) electrons. The van der Waals surface area contributed by atoms with Crippen molar-refractivity contribution < 1.29 is 4.74 Å². The Hall–Kier alpha value is -2.32. The van der Waals surface area contributed by atoms with E-state index in [4.69, 9.17) is 21.6 Å². The van der Waals surface area contributed by atoms with Gasteiger partial charge in [0.15, 0.2) is 5.75 Å². The molecule has 2 aromatic rings. The van der Waals surface area contributed by atoms with Crippen molar-refractivity contribution in [1.29, 1.82) is 5.26 Å². The Morgan fingerprint density at radius 1 is 1.32 bits per heavy atom. The molecule has 22 heavy (non-hydrogen) atoms. The van der Waals surface area contributed by atoms with Gasteiger partial charge < -0.3 is 10.1 Å². The van der Waals surface area contributed by atoms with Crippen molar-refractivity contribution in [1.82, 2.24) is 0 Å². The summed E-state index contributed by atoms with van der Waals surface area (Å²) in [5.74, 6) is 0.100. The van der Waals surface area contributed by atoms with E-state index in [9.17, 15) is 9.59 Å². The summed E-state index contributed by atoms with van der Waals surface area (Å²) >= 11 is 6.07. The van der Waals surface area contributed by atoms with Crippen molar-refractivity contribution in [3.63, 3.8) is 0 Å². The van der Waals surface area contributed by atoms with E-state index >= 15 is 0 Å². The first kappa shape index (κ1) is 16.1.